The van der Waals surface area contributed by atoms with Gasteiger partial charge in [-0.1, -0.05) is 13.0 Å². The third kappa shape index (κ3) is 4.22. The number of aliphatic hydroxyl groups is 1. The van der Waals surface area contributed by atoms with Crippen molar-refractivity contribution < 1.29 is 9.84 Å². The van der Waals surface area contributed by atoms with E-state index in [1.165, 1.54) is 6.42 Å². The third-order valence-electron chi connectivity index (χ3n) is 6.11. The number of aromatic nitrogens is 1. The zero-order valence-electron chi connectivity index (χ0n) is 17.1. The van der Waals surface area contributed by atoms with E-state index < -0.39 is 6.10 Å². The van der Waals surface area contributed by atoms with Gasteiger partial charge in [-0.05, 0) is 74.0 Å². The van der Waals surface area contributed by atoms with Gasteiger partial charge in [0.15, 0.2) is 0 Å². The van der Waals surface area contributed by atoms with E-state index in [-0.39, 0.29) is 6.04 Å². The molecule has 0 spiro atoms. The van der Waals surface area contributed by atoms with E-state index >= 15 is 0 Å². The quantitative estimate of drug-likeness (QED) is 0.773. The zero-order valence-corrected chi connectivity index (χ0v) is 17.1. The van der Waals surface area contributed by atoms with Crippen LogP contribution in [0.3, 0.4) is 0 Å². The number of nitrogens with two attached hydrogens (primary N) is 1. The van der Waals surface area contributed by atoms with Crippen LogP contribution < -0.4 is 10.5 Å². The van der Waals surface area contributed by atoms with Gasteiger partial charge in [0.25, 0.3) is 0 Å². The summed E-state index contributed by atoms with van der Waals surface area (Å²) in [7, 11) is 1.66. The first-order chi connectivity index (χ1) is 13.6. The van der Waals surface area contributed by atoms with Gasteiger partial charge in [-0.15, -0.1) is 6.58 Å². The van der Waals surface area contributed by atoms with Crippen molar-refractivity contribution in [1.29, 1.82) is 0 Å². The summed E-state index contributed by atoms with van der Waals surface area (Å²) in [5, 5.41) is 12.1. The van der Waals surface area contributed by atoms with Crippen LogP contribution in [0, 0.1) is 11.8 Å². The molecule has 0 unspecified atom stereocenters. The number of rotatable bonds is 5. The highest BCUT2D eigenvalue weighted by Gasteiger charge is 2.42. The molecule has 3 fully saturated rings. The lowest BCUT2D eigenvalue weighted by atomic mass is 9.73. The van der Waals surface area contributed by atoms with Crippen LogP contribution in [0.25, 0.3) is 10.9 Å². The minimum Gasteiger partial charge on any atom is -0.497 e. The summed E-state index contributed by atoms with van der Waals surface area (Å²) in [6.45, 7) is 8.94. The summed E-state index contributed by atoms with van der Waals surface area (Å²) < 4.78 is 5.35. The van der Waals surface area contributed by atoms with Crippen LogP contribution in [0.15, 0.2) is 43.1 Å². The van der Waals surface area contributed by atoms with Crippen LogP contribution in [-0.2, 0) is 0 Å². The molecule has 0 saturated carbocycles. The van der Waals surface area contributed by atoms with Gasteiger partial charge < -0.3 is 15.6 Å². The first-order valence-corrected chi connectivity index (χ1v) is 10.3. The average Bonchev–Trinajstić information content (AvgIpc) is 2.78. The Balaban J connectivity index is 0.000000516. The van der Waals surface area contributed by atoms with E-state index in [9.17, 15) is 5.11 Å². The molecule has 28 heavy (non-hydrogen) atoms. The van der Waals surface area contributed by atoms with Crippen LogP contribution in [0.5, 0.6) is 5.75 Å². The monoisotopic (exact) mass is 383 g/mol. The third-order valence-corrected chi connectivity index (χ3v) is 6.11. The minimum atomic E-state index is -0.504. The van der Waals surface area contributed by atoms with Crippen LogP contribution in [0.4, 0.5) is 0 Å². The first kappa shape index (κ1) is 20.8. The Morgan fingerprint density at radius 3 is 2.82 bits per heavy atom. The van der Waals surface area contributed by atoms with Gasteiger partial charge >= 0.3 is 0 Å². The van der Waals surface area contributed by atoms with Gasteiger partial charge in [0.05, 0.1) is 18.7 Å². The second-order valence-corrected chi connectivity index (χ2v) is 7.76. The maximum atomic E-state index is 11.2. The van der Waals surface area contributed by atoms with Gasteiger partial charge in [-0.3, -0.25) is 9.88 Å². The lowest BCUT2D eigenvalue weighted by Gasteiger charge is -2.50. The van der Waals surface area contributed by atoms with Crippen molar-refractivity contribution in [3.63, 3.8) is 0 Å². The van der Waals surface area contributed by atoms with Crippen LogP contribution in [-0.4, -0.2) is 47.8 Å². The van der Waals surface area contributed by atoms with E-state index in [1.54, 1.807) is 13.3 Å². The summed E-state index contributed by atoms with van der Waals surface area (Å²) in [6.07, 6.45) is 6.72. The topological polar surface area (TPSA) is 71.6 Å². The summed E-state index contributed by atoms with van der Waals surface area (Å²) in [5.41, 5.74) is 6.87. The Bertz CT molecular complexity index is 793. The fourth-order valence-corrected chi connectivity index (χ4v) is 4.44. The highest BCUT2D eigenvalue weighted by Crippen LogP contribution is 2.42. The first-order valence-electron chi connectivity index (χ1n) is 10.3. The lowest BCUT2D eigenvalue weighted by Crippen LogP contribution is -2.54. The summed E-state index contributed by atoms with van der Waals surface area (Å²) in [6, 6.07) is 7.96. The Labute approximate surface area is 168 Å². The van der Waals surface area contributed by atoms with Gasteiger partial charge in [0, 0.05) is 24.2 Å². The van der Waals surface area contributed by atoms with Gasteiger partial charge in [0.2, 0.25) is 0 Å². The molecule has 3 saturated heterocycles. The van der Waals surface area contributed by atoms with Gasteiger partial charge in [0.1, 0.15) is 5.75 Å². The number of nitrogens with zero attached hydrogens (tertiary/aromatic N) is 2. The Hall–Kier alpha value is -1.95. The van der Waals surface area contributed by atoms with Crippen molar-refractivity contribution in [2.24, 2.45) is 17.6 Å². The molecular formula is C23H33N3O2. The second-order valence-electron chi connectivity index (χ2n) is 7.76. The van der Waals surface area contributed by atoms with E-state index in [4.69, 9.17) is 10.5 Å². The number of ether oxygens (including phenoxy) is 1. The number of piperidine rings is 3. The Kier molecular flexibility index (Phi) is 7.05. The molecule has 3 aliphatic heterocycles. The maximum absolute atomic E-state index is 11.2. The lowest BCUT2D eigenvalue weighted by molar-refractivity contribution is -0.0444. The second kappa shape index (κ2) is 9.50. The van der Waals surface area contributed by atoms with Gasteiger partial charge in [-0.25, -0.2) is 0 Å². The SMILES string of the molecule is C=C[C@H]1C[N@]2CC[C@H]1C[C@@H]2[C@@H](O)c1ccnc2ccc(OC)cc12.CCCN. The van der Waals surface area contributed by atoms with Crippen LogP contribution in [0.2, 0.25) is 0 Å². The molecule has 1 aromatic heterocycles. The molecule has 5 atom stereocenters. The predicted molar refractivity (Wildman–Crippen MR) is 114 cm³/mol. The fraction of sp³-hybridized carbons (Fsp3) is 0.522. The maximum Gasteiger partial charge on any atom is 0.119 e. The molecule has 152 valence electrons. The van der Waals surface area contributed by atoms with Crippen LogP contribution in [0.1, 0.15) is 37.9 Å². The van der Waals surface area contributed by atoms with Crippen LogP contribution >= 0.6 is 0 Å². The molecular weight excluding hydrogens is 350 g/mol. The number of methoxy groups -OCH3 is 1. The molecule has 0 aliphatic carbocycles. The molecule has 5 heteroatoms. The zero-order chi connectivity index (χ0) is 20.1. The van der Waals surface area contributed by atoms with E-state index in [2.05, 4.69) is 29.5 Å². The van der Waals surface area contributed by atoms with Gasteiger partial charge in [-0.2, -0.15) is 0 Å². The highest BCUT2D eigenvalue weighted by molar-refractivity contribution is 5.83. The molecule has 3 aliphatic rings. The van der Waals surface area contributed by atoms with Crippen molar-refractivity contribution in [1.82, 2.24) is 9.88 Å². The molecule has 2 bridgehead atoms. The number of pyridine rings is 1. The summed E-state index contributed by atoms with van der Waals surface area (Å²) in [4.78, 5) is 6.86. The number of fused-ring (bicyclic) bond motifs is 4. The van der Waals surface area contributed by atoms with Crippen molar-refractivity contribution in [3.05, 3.63) is 48.7 Å². The molecule has 0 radical (unpaired) electrons. The van der Waals surface area contributed by atoms with E-state index in [0.717, 1.165) is 54.7 Å². The molecule has 5 nitrogen and oxygen atoms in total. The summed E-state index contributed by atoms with van der Waals surface area (Å²) >= 11 is 0. The fourth-order valence-electron chi connectivity index (χ4n) is 4.44. The molecule has 4 heterocycles. The summed E-state index contributed by atoms with van der Waals surface area (Å²) in [5.74, 6) is 2.01. The molecule has 1 aromatic carbocycles. The van der Waals surface area contributed by atoms with Crippen molar-refractivity contribution in [2.45, 2.75) is 38.3 Å². The number of aliphatic hydroxyl groups excluding tert-OH is 1. The standard InChI is InChI=1S/C20H24N2O2.C3H9N/c1-3-13-12-22-9-7-14(13)10-19(22)20(23)16-6-8-21-18-5-4-15(24-2)11-17(16)18;1-2-3-4/h3-6,8,11,13-14,19-20,23H,1,7,9-10,12H2,2H3;2-4H2,1H3/t13-,14-,19+,20-;/m0./s1. The largest absolute Gasteiger partial charge is 0.497 e. The Morgan fingerprint density at radius 2 is 2.21 bits per heavy atom. The normalized spacial score (nSPS) is 27.0. The number of hydrogen-bond acceptors (Lipinski definition) is 5. The molecule has 3 N–H and O–H groups in total. The van der Waals surface area contributed by atoms with Crippen molar-refractivity contribution in [3.8, 4) is 5.75 Å². The highest BCUT2D eigenvalue weighted by atomic mass is 16.5. The van der Waals surface area contributed by atoms with Crippen molar-refractivity contribution >= 4 is 10.9 Å². The number of hydrogen-bond donors (Lipinski definition) is 2. The van der Waals surface area contributed by atoms with Crippen molar-refractivity contribution in [2.75, 3.05) is 26.7 Å². The van der Waals surface area contributed by atoms with E-state index in [1.807, 2.05) is 24.3 Å². The molecule has 5 rings (SSSR count). The molecule has 2 aromatic rings. The average molecular weight is 384 g/mol. The van der Waals surface area contributed by atoms with E-state index in [0.29, 0.717) is 11.8 Å². The predicted octanol–water partition coefficient (Wildman–Crippen LogP) is 3.53. The Morgan fingerprint density at radius 1 is 1.43 bits per heavy atom. The molecule has 0 amide bonds. The smallest absolute Gasteiger partial charge is 0.119 e. The number of benzene rings is 1. The minimum absolute atomic E-state index is 0.178.